The molecule has 106 valence electrons. The first kappa shape index (κ1) is 16.9. The lowest BCUT2D eigenvalue weighted by atomic mass is 10.2. The van der Waals surface area contributed by atoms with Crippen LogP contribution in [-0.4, -0.2) is 49.6 Å². The molecule has 1 amide bonds. The maximum atomic E-state index is 11.7. The maximum absolute atomic E-state index is 11.7. The van der Waals surface area contributed by atoms with Crippen LogP contribution >= 0.6 is 0 Å². The zero-order chi connectivity index (χ0) is 14.0. The van der Waals surface area contributed by atoms with Crippen molar-refractivity contribution < 1.29 is 14.3 Å². The van der Waals surface area contributed by atoms with Gasteiger partial charge in [-0.05, 0) is 26.8 Å². The van der Waals surface area contributed by atoms with Crippen molar-refractivity contribution in [2.75, 3.05) is 26.7 Å². The highest BCUT2D eigenvalue weighted by molar-refractivity contribution is 5.78. The van der Waals surface area contributed by atoms with Crippen LogP contribution in [0.4, 0.5) is 0 Å². The standard InChI is InChI=1S/C13H26N2O3/c1-5-11(6-2)14-12(16)10-15(4)9-8-13(17)18-7-3/h11H,5-10H2,1-4H3,(H,14,16). The molecule has 0 saturated heterocycles. The molecule has 0 rings (SSSR count). The number of carbonyl (C=O) groups is 2. The molecule has 5 nitrogen and oxygen atoms in total. The summed E-state index contributed by atoms with van der Waals surface area (Å²) in [5.41, 5.74) is 0. The SMILES string of the molecule is CCOC(=O)CCN(C)CC(=O)NC(CC)CC. The zero-order valence-electron chi connectivity index (χ0n) is 12.0. The molecule has 0 radical (unpaired) electrons. The molecule has 0 aromatic rings. The van der Waals surface area contributed by atoms with E-state index in [0.717, 1.165) is 12.8 Å². The predicted octanol–water partition coefficient (Wildman–Crippen LogP) is 1.18. The van der Waals surface area contributed by atoms with E-state index in [-0.39, 0.29) is 17.9 Å². The molecule has 0 aliphatic heterocycles. The van der Waals surface area contributed by atoms with Gasteiger partial charge in [-0.1, -0.05) is 13.8 Å². The number of esters is 1. The molecule has 0 aliphatic rings. The highest BCUT2D eigenvalue weighted by Crippen LogP contribution is 1.96. The summed E-state index contributed by atoms with van der Waals surface area (Å²) >= 11 is 0. The van der Waals surface area contributed by atoms with E-state index in [1.165, 1.54) is 0 Å². The summed E-state index contributed by atoms with van der Waals surface area (Å²) in [5.74, 6) is -0.209. The fourth-order valence-corrected chi connectivity index (χ4v) is 1.61. The first-order valence-corrected chi connectivity index (χ1v) is 6.66. The third-order valence-electron chi connectivity index (χ3n) is 2.77. The Bertz CT molecular complexity index is 253. The summed E-state index contributed by atoms with van der Waals surface area (Å²) in [6.07, 6.45) is 2.20. The van der Waals surface area contributed by atoms with Gasteiger partial charge in [0.15, 0.2) is 0 Å². The molecule has 0 unspecified atom stereocenters. The van der Waals surface area contributed by atoms with E-state index < -0.39 is 0 Å². The van der Waals surface area contributed by atoms with Gasteiger partial charge in [0, 0.05) is 12.6 Å². The van der Waals surface area contributed by atoms with Gasteiger partial charge in [0.1, 0.15) is 0 Å². The van der Waals surface area contributed by atoms with E-state index in [9.17, 15) is 9.59 Å². The van der Waals surface area contributed by atoms with E-state index >= 15 is 0 Å². The second-order valence-corrected chi connectivity index (χ2v) is 4.37. The normalized spacial score (nSPS) is 10.8. The van der Waals surface area contributed by atoms with Crippen LogP contribution < -0.4 is 5.32 Å². The molecule has 1 N–H and O–H groups in total. The van der Waals surface area contributed by atoms with Crippen LogP contribution in [0, 0.1) is 0 Å². The Morgan fingerprint density at radius 2 is 1.83 bits per heavy atom. The largest absolute Gasteiger partial charge is 0.466 e. The Morgan fingerprint density at radius 3 is 2.33 bits per heavy atom. The molecule has 0 heterocycles. The van der Waals surface area contributed by atoms with E-state index in [1.54, 1.807) is 6.92 Å². The predicted molar refractivity (Wildman–Crippen MR) is 71.3 cm³/mol. The number of hydrogen-bond donors (Lipinski definition) is 1. The first-order chi connectivity index (χ1) is 8.53. The average Bonchev–Trinajstić information content (AvgIpc) is 2.33. The molecular formula is C13H26N2O3. The van der Waals surface area contributed by atoms with Crippen LogP contribution in [0.2, 0.25) is 0 Å². The second-order valence-electron chi connectivity index (χ2n) is 4.37. The van der Waals surface area contributed by atoms with E-state index in [4.69, 9.17) is 4.74 Å². The quantitative estimate of drug-likeness (QED) is 0.631. The number of nitrogens with zero attached hydrogens (tertiary/aromatic N) is 1. The number of hydrogen-bond acceptors (Lipinski definition) is 4. The fraction of sp³-hybridized carbons (Fsp3) is 0.846. The monoisotopic (exact) mass is 258 g/mol. The van der Waals surface area contributed by atoms with Crippen LogP contribution in [0.1, 0.15) is 40.0 Å². The Morgan fingerprint density at radius 1 is 1.22 bits per heavy atom. The third-order valence-corrected chi connectivity index (χ3v) is 2.77. The zero-order valence-corrected chi connectivity index (χ0v) is 12.0. The highest BCUT2D eigenvalue weighted by Gasteiger charge is 2.11. The molecule has 0 saturated carbocycles. The Labute approximate surface area is 110 Å². The summed E-state index contributed by atoms with van der Waals surface area (Å²) in [6, 6.07) is 0.246. The van der Waals surface area contributed by atoms with Gasteiger partial charge in [-0.3, -0.25) is 14.5 Å². The van der Waals surface area contributed by atoms with Gasteiger partial charge in [0.05, 0.1) is 19.6 Å². The van der Waals surface area contributed by atoms with Crippen LogP contribution in [-0.2, 0) is 14.3 Å². The maximum Gasteiger partial charge on any atom is 0.307 e. The summed E-state index contributed by atoms with van der Waals surface area (Å²) in [7, 11) is 1.83. The lowest BCUT2D eigenvalue weighted by Gasteiger charge is -2.19. The minimum absolute atomic E-state index is 0.00931. The molecule has 0 aliphatic carbocycles. The van der Waals surface area contributed by atoms with E-state index in [1.807, 2.05) is 11.9 Å². The molecule has 0 spiro atoms. The minimum Gasteiger partial charge on any atom is -0.466 e. The van der Waals surface area contributed by atoms with Crippen LogP contribution in [0.5, 0.6) is 0 Å². The van der Waals surface area contributed by atoms with Crippen molar-refractivity contribution >= 4 is 11.9 Å². The first-order valence-electron chi connectivity index (χ1n) is 6.66. The number of likely N-dealkylation sites (N-methyl/N-ethyl adjacent to an activating group) is 1. The van der Waals surface area contributed by atoms with Crippen molar-refractivity contribution in [2.45, 2.75) is 46.1 Å². The van der Waals surface area contributed by atoms with Gasteiger partial charge in [0.25, 0.3) is 0 Å². The third kappa shape index (κ3) is 8.06. The van der Waals surface area contributed by atoms with Gasteiger partial charge in [-0.15, -0.1) is 0 Å². The molecule has 5 heteroatoms. The highest BCUT2D eigenvalue weighted by atomic mass is 16.5. The number of carbonyl (C=O) groups excluding carboxylic acids is 2. The van der Waals surface area contributed by atoms with Crippen LogP contribution in [0.25, 0.3) is 0 Å². The van der Waals surface area contributed by atoms with Gasteiger partial charge >= 0.3 is 5.97 Å². The van der Waals surface area contributed by atoms with Crippen molar-refractivity contribution in [3.8, 4) is 0 Å². The topological polar surface area (TPSA) is 58.6 Å². The lowest BCUT2D eigenvalue weighted by Crippen LogP contribution is -2.41. The Hall–Kier alpha value is -1.10. The fourth-order valence-electron chi connectivity index (χ4n) is 1.61. The van der Waals surface area contributed by atoms with Gasteiger partial charge in [0.2, 0.25) is 5.91 Å². The number of rotatable bonds is 9. The van der Waals surface area contributed by atoms with Crippen LogP contribution in [0.3, 0.4) is 0 Å². The second kappa shape index (κ2) is 9.88. The van der Waals surface area contributed by atoms with Gasteiger partial charge in [-0.25, -0.2) is 0 Å². The summed E-state index contributed by atoms with van der Waals surface area (Å²) in [4.78, 5) is 24.7. The summed E-state index contributed by atoms with van der Waals surface area (Å²) in [5, 5.41) is 2.96. The number of nitrogens with one attached hydrogen (secondary N) is 1. The van der Waals surface area contributed by atoms with Crippen molar-refractivity contribution in [1.82, 2.24) is 10.2 Å². The molecule has 0 bridgehead atoms. The lowest BCUT2D eigenvalue weighted by molar-refractivity contribution is -0.143. The molecule has 0 aromatic heterocycles. The van der Waals surface area contributed by atoms with E-state index in [2.05, 4.69) is 19.2 Å². The van der Waals surface area contributed by atoms with Crippen molar-refractivity contribution in [3.05, 3.63) is 0 Å². The molecule has 0 fully saturated rings. The molecule has 0 aromatic carbocycles. The smallest absolute Gasteiger partial charge is 0.307 e. The number of ether oxygens (including phenoxy) is 1. The molecule has 0 atom stereocenters. The van der Waals surface area contributed by atoms with Gasteiger partial charge in [-0.2, -0.15) is 0 Å². The van der Waals surface area contributed by atoms with E-state index in [0.29, 0.717) is 26.1 Å². The number of amides is 1. The Balaban J connectivity index is 3.83. The summed E-state index contributed by atoms with van der Waals surface area (Å²) < 4.78 is 4.83. The van der Waals surface area contributed by atoms with Crippen molar-refractivity contribution in [1.29, 1.82) is 0 Å². The van der Waals surface area contributed by atoms with Crippen molar-refractivity contribution in [2.24, 2.45) is 0 Å². The minimum atomic E-state index is -0.218. The van der Waals surface area contributed by atoms with Crippen LogP contribution in [0.15, 0.2) is 0 Å². The molecular weight excluding hydrogens is 232 g/mol. The molecule has 18 heavy (non-hydrogen) atoms. The van der Waals surface area contributed by atoms with Gasteiger partial charge < -0.3 is 10.1 Å². The average molecular weight is 258 g/mol. The summed E-state index contributed by atoms with van der Waals surface area (Å²) in [6.45, 7) is 7.14. The Kier molecular flexibility index (Phi) is 9.28. The van der Waals surface area contributed by atoms with Crippen molar-refractivity contribution in [3.63, 3.8) is 0 Å².